The minimum absolute atomic E-state index is 0.806. The first-order valence-electron chi connectivity index (χ1n) is 14.3. The number of nitrogens with zero attached hydrogens (tertiary/aromatic N) is 3. The smallest absolute Gasteiger partial charge is 0.171 e. The van der Waals surface area contributed by atoms with E-state index in [9.17, 15) is 0 Å². The normalized spacial score (nSPS) is 11.8. The zero-order valence-electron chi connectivity index (χ0n) is 23.2. The Hall–Kier alpha value is -5.31. The second-order valence-electron chi connectivity index (χ2n) is 10.6. The van der Waals surface area contributed by atoms with Gasteiger partial charge < -0.3 is 4.57 Å². The lowest BCUT2D eigenvalue weighted by atomic mass is 10.0. The quantitative estimate of drug-likeness (QED) is 0.197. The summed E-state index contributed by atoms with van der Waals surface area (Å²) in [6.45, 7) is 0. The molecule has 0 spiro atoms. The summed E-state index contributed by atoms with van der Waals surface area (Å²) < 4.78 is 17.2. The van der Waals surface area contributed by atoms with Gasteiger partial charge in [-0.05, 0) is 41.5 Å². The Morgan fingerprint density at radius 2 is 1.12 bits per heavy atom. The highest BCUT2D eigenvalue weighted by Crippen LogP contribution is 2.43. The van der Waals surface area contributed by atoms with Gasteiger partial charge in [0.05, 0.1) is 16.7 Å². The lowest BCUT2D eigenvalue weighted by Gasteiger charge is -2.20. The van der Waals surface area contributed by atoms with Crippen molar-refractivity contribution in [3.05, 3.63) is 158 Å². The molecule has 0 unspecified atom stereocenters. The Bertz CT molecular complexity index is 2280. The van der Waals surface area contributed by atoms with Crippen LogP contribution in [0, 0.1) is 0 Å². The molecule has 0 aliphatic heterocycles. The van der Waals surface area contributed by atoms with E-state index in [1.54, 1.807) is 0 Å². The van der Waals surface area contributed by atoms with Gasteiger partial charge >= 0.3 is 0 Å². The fourth-order valence-corrected chi connectivity index (χ4v) is 8.70. The van der Waals surface area contributed by atoms with Crippen LogP contribution < -0.4 is 15.9 Å². The number of rotatable bonds is 5. The van der Waals surface area contributed by atoms with Crippen molar-refractivity contribution in [2.45, 2.75) is 0 Å². The van der Waals surface area contributed by atoms with Crippen LogP contribution >= 0.6 is 7.14 Å². The lowest BCUT2D eigenvalue weighted by molar-refractivity contribution is 0.592. The van der Waals surface area contributed by atoms with E-state index >= 15 is 4.57 Å². The van der Waals surface area contributed by atoms with Gasteiger partial charge in [-0.3, -0.25) is 4.40 Å². The number of fused-ring (bicyclic) bond motifs is 5. The number of imidazole rings is 1. The summed E-state index contributed by atoms with van der Waals surface area (Å²) in [4.78, 5) is 10.2. The molecule has 0 amide bonds. The second-order valence-corrected chi connectivity index (χ2v) is 13.4. The number of para-hydroxylation sites is 1. The molecule has 3 aromatic heterocycles. The number of hydrogen-bond acceptors (Lipinski definition) is 3. The first-order valence-corrected chi connectivity index (χ1v) is 16.0. The van der Waals surface area contributed by atoms with E-state index in [1.807, 2.05) is 115 Å². The van der Waals surface area contributed by atoms with E-state index in [0.29, 0.717) is 0 Å². The molecule has 5 heteroatoms. The van der Waals surface area contributed by atoms with Gasteiger partial charge in [0.2, 0.25) is 0 Å². The van der Waals surface area contributed by atoms with Crippen LogP contribution in [0.4, 0.5) is 0 Å². The van der Waals surface area contributed by atoms with Gasteiger partial charge in [-0.15, -0.1) is 0 Å². The molecule has 204 valence electrons. The molecule has 3 heterocycles. The summed E-state index contributed by atoms with van der Waals surface area (Å²) in [7, 11) is -3.10. The molecule has 0 N–H and O–H groups in total. The van der Waals surface area contributed by atoms with Gasteiger partial charge in [0.25, 0.3) is 0 Å². The largest absolute Gasteiger partial charge is 0.309 e. The standard InChI is InChI=1S/C38H26N3OP/c42-43(30-16-3-1-4-17-30,31-18-5-2-6-19-31)32-20-12-14-28(26-32)27-13-11-15-29(25-27)36-38-37(33-21-7-8-22-34(33)39-36)40-35-23-9-10-24-41(35)38/h1-26H. The molecular formula is C38H26N3OP. The molecule has 0 saturated carbocycles. The lowest BCUT2D eigenvalue weighted by Crippen LogP contribution is -2.25. The Kier molecular flexibility index (Phi) is 6.03. The van der Waals surface area contributed by atoms with Crippen LogP contribution in [-0.2, 0) is 4.57 Å². The summed E-state index contributed by atoms with van der Waals surface area (Å²) in [5.41, 5.74) is 7.63. The maximum absolute atomic E-state index is 15.0. The molecular weight excluding hydrogens is 545 g/mol. The predicted octanol–water partition coefficient (Wildman–Crippen LogP) is 8.01. The molecule has 0 fully saturated rings. The molecule has 5 aromatic carbocycles. The minimum atomic E-state index is -3.10. The Labute approximate surface area is 249 Å². The van der Waals surface area contributed by atoms with Crippen LogP contribution in [0.5, 0.6) is 0 Å². The average molecular weight is 572 g/mol. The van der Waals surface area contributed by atoms with Crippen molar-refractivity contribution < 1.29 is 4.57 Å². The summed E-state index contributed by atoms with van der Waals surface area (Å²) in [5.74, 6) is 0. The summed E-state index contributed by atoms with van der Waals surface area (Å²) in [6, 6.07) is 50.4. The van der Waals surface area contributed by atoms with Crippen molar-refractivity contribution in [2.24, 2.45) is 0 Å². The third-order valence-corrected chi connectivity index (χ3v) is 11.1. The zero-order chi connectivity index (χ0) is 28.8. The highest BCUT2D eigenvalue weighted by Gasteiger charge is 2.29. The van der Waals surface area contributed by atoms with Crippen LogP contribution in [0.2, 0.25) is 0 Å². The number of benzene rings is 5. The van der Waals surface area contributed by atoms with Crippen molar-refractivity contribution in [3.63, 3.8) is 0 Å². The van der Waals surface area contributed by atoms with E-state index in [0.717, 1.165) is 65.9 Å². The van der Waals surface area contributed by atoms with E-state index in [2.05, 4.69) is 46.9 Å². The van der Waals surface area contributed by atoms with E-state index in [1.165, 1.54) is 0 Å². The predicted molar refractivity (Wildman–Crippen MR) is 178 cm³/mol. The van der Waals surface area contributed by atoms with Crippen molar-refractivity contribution in [2.75, 3.05) is 0 Å². The van der Waals surface area contributed by atoms with Crippen LogP contribution in [-0.4, -0.2) is 14.4 Å². The number of aromatic nitrogens is 3. The molecule has 0 radical (unpaired) electrons. The molecule has 0 bridgehead atoms. The van der Waals surface area contributed by atoms with Crippen LogP contribution in [0.1, 0.15) is 0 Å². The van der Waals surface area contributed by atoms with Gasteiger partial charge in [-0.1, -0.05) is 121 Å². The van der Waals surface area contributed by atoms with Gasteiger partial charge in [0, 0.05) is 33.1 Å². The zero-order valence-corrected chi connectivity index (χ0v) is 24.1. The fraction of sp³-hybridized carbons (Fsp3) is 0. The molecule has 8 rings (SSSR count). The topological polar surface area (TPSA) is 47.3 Å². The highest BCUT2D eigenvalue weighted by molar-refractivity contribution is 7.85. The van der Waals surface area contributed by atoms with Crippen molar-refractivity contribution in [1.82, 2.24) is 14.4 Å². The fourth-order valence-electron chi connectivity index (χ4n) is 6.01. The van der Waals surface area contributed by atoms with E-state index in [4.69, 9.17) is 9.97 Å². The van der Waals surface area contributed by atoms with Crippen LogP contribution in [0.3, 0.4) is 0 Å². The summed E-state index contributed by atoms with van der Waals surface area (Å²) in [6.07, 6.45) is 2.04. The molecule has 0 aliphatic carbocycles. The van der Waals surface area contributed by atoms with Gasteiger partial charge in [0.1, 0.15) is 11.2 Å². The van der Waals surface area contributed by atoms with E-state index < -0.39 is 7.14 Å². The molecule has 0 atom stereocenters. The first kappa shape index (κ1) is 25.4. The summed E-state index contributed by atoms with van der Waals surface area (Å²) in [5, 5.41) is 3.48. The Morgan fingerprint density at radius 3 is 1.88 bits per heavy atom. The van der Waals surface area contributed by atoms with E-state index in [-0.39, 0.29) is 0 Å². The Balaban J connectivity index is 1.31. The third kappa shape index (κ3) is 4.19. The molecule has 0 saturated heterocycles. The third-order valence-electron chi connectivity index (χ3n) is 8.06. The summed E-state index contributed by atoms with van der Waals surface area (Å²) >= 11 is 0. The molecule has 4 nitrogen and oxygen atoms in total. The minimum Gasteiger partial charge on any atom is -0.309 e. The van der Waals surface area contributed by atoms with Gasteiger partial charge in [0.15, 0.2) is 7.14 Å². The van der Waals surface area contributed by atoms with Crippen LogP contribution in [0.25, 0.3) is 50.0 Å². The van der Waals surface area contributed by atoms with Crippen molar-refractivity contribution >= 4 is 50.6 Å². The maximum Gasteiger partial charge on any atom is 0.171 e. The molecule has 43 heavy (non-hydrogen) atoms. The van der Waals surface area contributed by atoms with Gasteiger partial charge in [-0.2, -0.15) is 0 Å². The highest BCUT2D eigenvalue weighted by atomic mass is 31.2. The number of hydrogen-bond donors (Lipinski definition) is 0. The number of pyridine rings is 2. The molecule has 8 aromatic rings. The maximum atomic E-state index is 15.0. The van der Waals surface area contributed by atoms with Crippen LogP contribution in [0.15, 0.2) is 158 Å². The van der Waals surface area contributed by atoms with Gasteiger partial charge in [-0.25, -0.2) is 9.97 Å². The van der Waals surface area contributed by atoms with Crippen molar-refractivity contribution in [3.8, 4) is 22.4 Å². The Morgan fingerprint density at radius 1 is 0.512 bits per heavy atom. The first-order chi connectivity index (χ1) is 21.2. The van der Waals surface area contributed by atoms with Crippen molar-refractivity contribution in [1.29, 1.82) is 0 Å². The monoisotopic (exact) mass is 571 g/mol. The second kappa shape index (κ2) is 10.2. The molecule has 0 aliphatic rings. The average Bonchev–Trinajstić information content (AvgIpc) is 3.49. The SMILES string of the molecule is O=P(c1ccccc1)(c1ccccc1)c1cccc(-c2cccc(-c3nc4ccccc4c4nc5ccccn5c34)c2)c1.